The van der Waals surface area contributed by atoms with Gasteiger partial charge in [0.1, 0.15) is 0 Å². The number of hydrogen-bond acceptors (Lipinski definition) is 2. The van der Waals surface area contributed by atoms with Gasteiger partial charge in [0.15, 0.2) is 0 Å². The lowest BCUT2D eigenvalue weighted by molar-refractivity contribution is -0.148. The highest BCUT2D eigenvalue weighted by atomic mass is 35.5. The second kappa shape index (κ2) is 3.75. The van der Waals surface area contributed by atoms with Crippen LogP contribution in [0.15, 0.2) is 18.2 Å². The Kier molecular flexibility index (Phi) is 2.68. The fraction of sp³-hybridized carbons (Fsp3) is 0.417. The second-order valence-electron chi connectivity index (χ2n) is 4.54. The molecule has 1 aromatic carbocycles. The minimum absolute atomic E-state index is 0.0346. The van der Waals surface area contributed by atoms with E-state index < -0.39 is 11.4 Å². The first-order chi connectivity index (χ1) is 7.45. The maximum Gasteiger partial charge on any atom is 0.314 e. The largest absolute Gasteiger partial charge is 0.481 e. The topological polar surface area (TPSA) is 63.3 Å². The van der Waals surface area contributed by atoms with Crippen molar-refractivity contribution in [2.45, 2.75) is 31.2 Å². The standard InChI is InChI=1S/C12H14ClNO2/c1-7-2-3-10(13)9(4-7)12(11(15)16)5-8(14)6-12/h2-4,8H,5-6,14H2,1H3,(H,15,16). The summed E-state index contributed by atoms with van der Waals surface area (Å²) in [5, 5.41) is 9.87. The van der Waals surface area contributed by atoms with Gasteiger partial charge in [-0.2, -0.15) is 0 Å². The molecule has 0 heterocycles. The highest BCUT2D eigenvalue weighted by Crippen LogP contribution is 2.46. The van der Waals surface area contributed by atoms with E-state index in [1.807, 2.05) is 19.1 Å². The van der Waals surface area contributed by atoms with Crippen molar-refractivity contribution in [3.8, 4) is 0 Å². The molecule has 1 aromatic rings. The lowest BCUT2D eigenvalue weighted by atomic mass is 9.61. The highest BCUT2D eigenvalue weighted by molar-refractivity contribution is 6.31. The molecule has 0 atom stereocenters. The van der Waals surface area contributed by atoms with Gasteiger partial charge in [0, 0.05) is 11.1 Å². The minimum Gasteiger partial charge on any atom is -0.481 e. The molecule has 0 radical (unpaired) electrons. The Balaban J connectivity index is 2.48. The van der Waals surface area contributed by atoms with Crippen LogP contribution in [0.5, 0.6) is 0 Å². The van der Waals surface area contributed by atoms with Crippen molar-refractivity contribution >= 4 is 17.6 Å². The van der Waals surface area contributed by atoms with Gasteiger partial charge in [-0.25, -0.2) is 0 Å². The molecule has 1 saturated carbocycles. The van der Waals surface area contributed by atoms with E-state index in [1.165, 1.54) is 0 Å². The number of benzene rings is 1. The Morgan fingerprint density at radius 1 is 1.56 bits per heavy atom. The van der Waals surface area contributed by atoms with Crippen LogP contribution in [0.1, 0.15) is 24.0 Å². The zero-order valence-corrected chi connectivity index (χ0v) is 9.79. The van der Waals surface area contributed by atoms with Crippen molar-refractivity contribution < 1.29 is 9.90 Å². The fourth-order valence-corrected chi connectivity index (χ4v) is 2.65. The van der Waals surface area contributed by atoms with Crippen LogP contribution < -0.4 is 5.73 Å². The van der Waals surface area contributed by atoms with Gasteiger partial charge in [0.05, 0.1) is 5.41 Å². The van der Waals surface area contributed by atoms with Gasteiger partial charge in [0.25, 0.3) is 0 Å². The Bertz CT molecular complexity index is 439. The minimum atomic E-state index is -0.872. The van der Waals surface area contributed by atoms with E-state index in [1.54, 1.807) is 6.07 Å². The molecule has 4 heteroatoms. The first-order valence-electron chi connectivity index (χ1n) is 5.21. The molecule has 1 fully saturated rings. The summed E-state index contributed by atoms with van der Waals surface area (Å²) in [4.78, 5) is 11.4. The van der Waals surface area contributed by atoms with E-state index >= 15 is 0 Å². The number of nitrogens with two attached hydrogens (primary N) is 1. The Hall–Kier alpha value is -1.06. The van der Waals surface area contributed by atoms with E-state index in [0.29, 0.717) is 23.4 Å². The highest BCUT2D eigenvalue weighted by Gasteiger charge is 2.51. The van der Waals surface area contributed by atoms with Crippen LogP contribution in [0.4, 0.5) is 0 Å². The summed E-state index contributed by atoms with van der Waals surface area (Å²) >= 11 is 6.08. The molecule has 86 valence electrons. The maximum absolute atomic E-state index is 11.4. The van der Waals surface area contributed by atoms with Crippen molar-refractivity contribution in [3.63, 3.8) is 0 Å². The van der Waals surface area contributed by atoms with Crippen LogP contribution in [0.3, 0.4) is 0 Å². The van der Waals surface area contributed by atoms with Crippen molar-refractivity contribution in [2.75, 3.05) is 0 Å². The van der Waals surface area contributed by atoms with Crippen molar-refractivity contribution in [2.24, 2.45) is 5.73 Å². The molecule has 0 saturated heterocycles. The van der Waals surface area contributed by atoms with Crippen molar-refractivity contribution in [1.29, 1.82) is 0 Å². The Labute approximate surface area is 99.2 Å². The zero-order valence-electron chi connectivity index (χ0n) is 9.03. The number of rotatable bonds is 2. The summed E-state index contributed by atoms with van der Waals surface area (Å²) in [5.74, 6) is -0.832. The summed E-state index contributed by atoms with van der Waals surface area (Å²) in [6.45, 7) is 1.92. The number of carboxylic acids is 1. The van der Waals surface area contributed by atoms with E-state index in [4.69, 9.17) is 17.3 Å². The third-order valence-corrected chi connectivity index (χ3v) is 3.60. The SMILES string of the molecule is Cc1ccc(Cl)c(C2(C(=O)O)CC(N)C2)c1. The number of hydrogen-bond donors (Lipinski definition) is 2. The summed E-state index contributed by atoms with van der Waals surface area (Å²) < 4.78 is 0. The molecule has 0 bridgehead atoms. The third-order valence-electron chi connectivity index (χ3n) is 3.27. The van der Waals surface area contributed by atoms with Gasteiger partial charge in [-0.3, -0.25) is 4.79 Å². The zero-order chi connectivity index (χ0) is 11.9. The van der Waals surface area contributed by atoms with Gasteiger partial charge >= 0.3 is 5.97 Å². The number of halogens is 1. The molecule has 3 nitrogen and oxygen atoms in total. The predicted molar refractivity (Wildman–Crippen MR) is 62.7 cm³/mol. The van der Waals surface area contributed by atoms with Gasteiger partial charge in [-0.15, -0.1) is 0 Å². The molecule has 3 N–H and O–H groups in total. The fourth-order valence-electron chi connectivity index (χ4n) is 2.35. The Morgan fingerprint density at radius 3 is 2.69 bits per heavy atom. The first kappa shape index (κ1) is 11.4. The van der Waals surface area contributed by atoms with Gasteiger partial charge in [0.2, 0.25) is 0 Å². The maximum atomic E-state index is 11.4. The normalized spacial score (nSPS) is 28.6. The van der Waals surface area contributed by atoms with Gasteiger partial charge in [-0.1, -0.05) is 29.3 Å². The lowest BCUT2D eigenvalue weighted by Gasteiger charge is -2.43. The van der Waals surface area contributed by atoms with Crippen molar-refractivity contribution in [1.82, 2.24) is 0 Å². The molecular weight excluding hydrogens is 226 g/mol. The van der Waals surface area contributed by atoms with E-state index in [9.17, 15) is 9.90 Å². The third kappa shape index (κ3) is 1.60. The summed E-state index contributed by atoms with van der Waals surface area (Å²) in [7, 11) is 0. The van der Waals surface area contributed by atoms with Crippen LogP contribution in [0.2, 0.25) is 5.02 Å². The van der Waals surface area contributed by atoms with Crippen LogP contribution in [-0.2, 0) is 10.2 Å². The van der Waals surface area contributed by atoms with E-state index in [2.05, 4.69) is 0 Å². The molecule has 16 heavy (non-hydrogen) atoms. The number of aliphatic carboxylic acids is 1. The molecule has 0 unspecified atom stereocenters. The summed E-state index contributed by atoms with van der Waals surface area (Å²) in [6.07, 6.45) is 0.928. The number of carboxylic acid groups (broad SMARTS) is 1. The molecule has 1 aliphatic rings. The lowest BCUT2D eigenvalue weighted by Crippen LogP contribution is -2.54. The molecule has 0 spiro atoms. The summed E-state index contributed by atoms with van der Waals surface area (Å²) in [5.41, 5.74) is 6.55. The Morgan fingerprint density at radius 2 is 2.19 bits per heavy atom. The summed E-state index contributed by atoms with van der Waals surface area (Å²) in [6, 6.07) is 5.44. The smallest absolute Gasteiger partial charge is 0.314 e. The monoisotopic (exact) mass is 239 g/mol. The average molecular weight is 240 g/mol. The molecule has 0 aromatic heterocycles. The molecular formula is C12H14ClNO2. The molecule has 0 amide bonds. The van der Waals surface area contributed by atoms with Crippen LogP contribution in [-0.4, -0.2) is 17.1 Å². The second-order valence-corrected chi connectivity index (χ2v) is 4.95. The predicted octanol–water partition coefficient (Wildman–Crippen LogP) is 2.09. The van der Waals surface area contributed by atoms with Crippen LogP contribution in [0.25, 0.3) is 0 Å². The van der Waals surface area contributed by atoms with E-state index in [-0.39, 0.29) is 6.04 Å². The molecule has 1 aliphatic carbocycles. The van der Waals surface area contributed by atoms with Gasteiger partial charge < -0.3 is 10.8 Å². The van der Waals surface area contributed by atoms with Crippen LogP contribution in [0, 0.1) is 6.92 Å². The average Bonchev–Trinajstić information content (AvgIpc) is 2.16. The molecule has 2 rings (SSSR count). The van der Waals surface area contributed by atoms with Crippen LogP contribution >= 0.6 is 11.6 Å². The van der Waals surface area contributed by atoms with Crippen molar-refractivity contribution in [3.05, 3.63) is 34.3 Å². The molecule has 0 aliphatic heterocycles. The number of carbonyl (C=O) groups is 1. The van der Waals surface area contributed by atoms with Gasteiger partial charge in [-0.05, 0) is 31.4 Å². The quantitative estimate of drug-likeness (QED) is 0.831. The van der Waals surface area contributed by atoms with E-state index in [0.717, 1.165) is 5.56 Å². The first-order valence-corrected chi connectivity index (χ1v) is 5.59. The number of aryl methyl sites for hydroxylation is 1.